The summed E-state index contributed by atoms with van der Waals surface area (Å²) in [7, 11) is -3.57. The first kappa shape index (κ1) is 16.2. The topological polar surface area (TPSA) is 115 Å². The number of benzene rings is 1. The van der Waals surface area contributed by atoms with Gasteiger partial charge in [-0.2, -0.15) is 0 Å². The van der Waals surface area contributed by atoms with Gasteiger partial charge in [-0.05, 0) is 24.1 Å². The Morgan fingerprint density at radius 3 is 2.25 bits per heavy atom. The fourth-order valence-electron chi connectivity index (χ4n) is 1.62. The lowest BCUT2D eigenvalue weighted by Crippen LogP contribution is -2.27. The molecule has 0 heterocycles. The zero-order chi connectivity index (χ0) is 15.3. The van der Waals surface area contributed by atoms with Crippen LogP contribution in [0.25, 0.3) is 0 Å². The van der Waals surface area contributed by atoms with Crippen molar-refractivity contribution in [2.75, 3.05) is 5.75 Å². The fraction of sp³-hybridized carbons (Fsp3) is 0.385. The van der Waals surface area contributed by atoms with Crippen LogP contribution in [-0.4, -0.2) is 31.2 Å². The number of carboxylic acids is 1. The standard InChI is InChI=1S/C13H17NO5S/c1-9(13(14)17)8-20(18,19)11-5-2-10(3-6-11)4-7-12(15)16/h2-3,5-6,9H,4,7-8H2,1H3,(H2,14,17)(H,15,16). The van der Waals surface area contributed by atoms with Crippen LogP contribution in [0.2, 0.25) is 0 Å². The Hall–Kier alpha value is -1.89. The van der Waals surface area contributed by atoms with E-state index in [9.17, 15) is 18.0 Å². The highest BCUT2D eigenvalue weighted by molar-refractivity contribution is 7.91. The van der Waals surface area contributed by atoms with Gasteiger partial charge < -0.3 is 10.8 Å². The first-order valence-electron chi connectivity index (χ1n) is 6.05. The Labute approximate surface area is 117 Å². The second-order valence-corrected chi connectivity index (χ2v) is 6.66. The van der Waals surface area contributed by atoms with E-state index in [-0.39, 0.29) is 17.1 Å². The number of primary amides is 1. The lowest BCUT2D eigenvalue weighted by atomic mass is 10.1. The van der Waals surface area contributed by atoms with Crippen molar-refractivity contribution in [1.82, 2.24) is 0 Å². The second kappa shape index (κ2) is 6.51. The predicted octanol–water partition coefficient (Wildman–Crippen LogP) is 0.599. The van der Waals surface area contributed by atoms with Crippen LogP contribution in [0.3, 0.4) is 0 Å². The maximum atomic E-state index is 12.0. The van der Waals surface area contributed by atoms with E-state index in [2.05, 4.69) is 0 Å². The molecule has 0 radical (unpaired) electrons. The normalized spacial score (nSPS) is 12.8. The summed E-state index contributed by atoms with van der Waals surface area (Å²) in [5.41, 5.74) is 5.80. The molecule has 1 rings (SSSR count). The van der Waals surface area contributed by atoms with E-state index in [1.165, 1.54) is 19.1 Å². The number of nitrogens with two attached hydrogens (primary N) is 1. The van der Waals surface area contributed by atoms with Crippen molar-refractivity contribution < 1.29 is 23.1 Å². The minimum atomic E-state index is -3.57. The largest absolute Gasteiger partial charge is 0.481 e. The first-order valence-corrected chi connectivity index (χ1v) is 7.70. The van der Waals surface area contributed by atoms with Gasteiger partial charge in [0.25, 0.3) is 0 Å². The number of rotatable bonds is 7. The van der Waals surface area contributed by atoms with Crippen molar-refractivity contribution in [3.8, 4) is 0 Å². The van der Waals surface area contributed by atoms with E-state index in [0.29, 0.717) is 6.42 Å². The van der Waals surface area contributed by atoms with Crippen LogP contribution >= 0.6 is 0 Å². The maximum Gasteiger partial charge on any atom is 0.303 e. The van der Waals surface area contributed by atoms with Gasteiger partial charge in [-0.25, -0.2) is 8.42 Å². The van der Waals surface area contributed by atoms with Crippen molar-refractivity contribution in [3.63, 3.8) is 0 Å². The van der Waals surface area contributed by atoms with Crippen LogP contribution in [0.1, 0.15) is 18.9 Å². The molecular formula is C13H17NO5S. The van der Waals surface area contributed by atoms with Crippen molar-refractivity contribution in [1.29, 1.82) is 0 Å². The van der Waals surface area contributed by atoms with Crippen molar-refractivity contribution in [2.24, 2.45) is 11.7 Å². The molecule has 0 spiro atoms. The SMILES string of the molecule is CC(CS(=O)(=O)c1ccc(CCC(=O)O)cc1)C(N)=O. The van der Waals surface area contributed by atoms with Crippen LogP contribution in [0.4, 0.5) is 0 Å². The van der Waals surface area contributed by atoms with Gasteiger partial charge in [0.2, 0.25) is 5.91 Å². The number of hydrogen-bond acceptors (Lipinski definition) is 4. The highest BCUT2D eigenvalue weighted by Crippen LogP contribution is 2.16. The van der Waals surface area contributed by atoms with Crippen LogP contribution in [0.15, 0.2) is 29.2 Å². The van der Waals surface area contributed by atoms with E-state index in [1.54, 1.807) is 12.1 Å². The average Bonchev–Trinajstić information content (AvgIpc) is 2.36. The molecule has 1 atom stereocenters. The third kappa shape index (κ3) is 4.65. The molecule has 20 heavy (non-hydrogen) atoms. The van der Waals surface area contributed by atoms with Gasteiger partial charge in [0.1, 0.15) is 0 Å². The summed E-state index contributed by atoms with van der Waals surface area (Å²) in [5, 5.41) is 8.57. The summed E-state index contributed by atoms with van der Waals surface area (Å²) in [5.74, 6) is -2.66. The lowest BCUT2D eigenvalue weighted by molar-refractivity contribution is -0.137. The van der Waals surface area contributed by atoms with Crippen LogP contribution < -0.4 is 5.73 Å². The molecule has 0 saturated heterocycles. The molecule has 3 N–H and O–H groups in total. The van der Waals surface area contributed by atoms with Crippen LogP contribution in [0, 0.1) is 5.92 Å². The molecule has 7 heteroatoms. The second-order valence-electron chi connectivity index (χ2n) is 4.62. The van der Waals surface area contributed by atoms with Crippen LogP contribution in [-0.2, 0) is 25.8 Å². The highest BCUT2D eigenvalue weighted by Gasteiger charge is 2.21. The number of hydrogen-bond donors (Lipinski definition) is 2. The quantitative estimate of drug-likeness (QED) is 0.765. The van der Waals surface area contributed by atoms with E-state index >= 15 is 0 Å². The summed E-state index contributed by atoms with van der Waals surface area (Å²) >= 11 is 0. The van der Waals surface area contributed by atoms with Crippen molar-refractivity contribution in [2.45, 2.75) is 24.7 Å². The molecule has 0 bridgehead atoms. The molecule has 0 aliphatic rings. The minimum Gasteiger partial charge on any atom is -0.481 e. The maximum absolute atomic E-state index is 12.0. The molecular weight excluding hydrogens is 282 g/mol. The third-order valence-corrected chi connectivity index (χ3v) is 4.79. The summed E-state index contributed by atoms with van der Waals surface area (Å²) in [6, 6.07) is 5.98. The lowest BCUT2D eigenvalue weighted by Gasteiger charge is -2.09. The van der Waals surface area contributed by atoms with E-state index in [1.807, 2.05) is 0 Å². The van der Waals surface area contributed by atoms with Crippen LogP contribution in [0.5, 0.6) is 0 Å². The molecule has 0 aromatic heterocycles. The highest BCUT2D eigenvalue weighted by atomic mass is 32.2. The Morgan fingerprint density at radius 1 is 1.25 bits per heavy atom. The molecule has 0 fully saturated rings. The smallest absolute Gasteiger partial charge is 0.303 e. The summed E-state index contributed by atoms with van der Waals surface area (Å²) in [4.78, 5) is 21.5. The molecule has 1 amide bonds. The van der Waals surface area contributed by atoms with Gasteiger partial charge in [0.05, 0.1) is 10.6 Å². The molecule has 1 aromatic carbocycles. The Kier molecular flexibility index (Phi) is 5.26. The molecule has 0 aliphatic carbocycles. The molecule has 1 unspecified atom stereocenters. The summed E-state index contributed by atoms with van der Waals surface area (Å²) < 4.78 is 24.0. The van der Waals surface area contributed by atoms with Gasteiger partial charge in [0.15, 0.2) is 9.84 Å². The Balaban J connectivity index is 2.81. The van der Waals surface area contributed by atoms with Crippen molar-refractivity contribution in [3.05, 3.63) is 29.8 Å². The molecule has 0 aliphatic heterocycles. The number of sulfone groups is 1. The number of carbonyl (C=O) groups excluding carboxylic acids is 1. The third-order valence-electron chi connectivity index (χ3n) is 2.87. The van der Waals surface area contributed by atoms with Gasteiger partial charge in [-0.3, -0.25) is 9.59 Å². The van der Waals surface area contributed by atoms with Gasteiger partial charge in [-0.15, -0.1) is 0 Å². The zero-order valence-electron chi connectivity index (χ0n) is 11.1. The number of aryl methyl sites for hydroxylation is 1. The summed E-state index contributed by atoms with van der Waals surface area (Å²) in [6.45, 7) is 1.46. The van der Waals surface area contributed by atoms with Gasteiger partial charge in [-0.1, -0.05) is 19.1 Å². The number of aliphatic carboxylic acids is 1. The van der Waals surface area contributed by atoms with E-state index < -0.39 is 27.6 Å². The Bertz CT molecular complexity index is 592. The van der Waals surface area contributed by atoms with E-state index in [0.717, 1.165) is 5.56 Å². The fourth-order valence-corrected chi connectivity index (χ4v) is 3.19. The monoisotopic (exact) mass is 299 g/mol. The van der Waals surface area contributed by atoms with Gasteiger partial charge in [0, 0.05) is 12.3 Å². The Morgan fingerprint density at radius 2 is 1.80 bits per heavy atom. The predicted molar refractivity (Wildman–Crippen MR) is 72.8 cm³/mol. The first-order chi connectivity index (χ1) is 9.22. The zero-order valence-corrected chi connectivity index (χ0v) is 11.9. The summed E-state index contributed by atoms with van der Waals surface area (Å²) in [6.07, 6.45) is 0.332. The number of carbonyl (C=O) groups is 2. The number of amides is 1. The minimum absolute atomic E-state index is 0.00912. The molecule has 0 saturated carbocycles. The average molecular weight is 299 g/mol. The molecule has 1 aromatic rings. The number of carboxylic acid groups (broad SMARTS) is 1. The van der Waals surface area contributed by atoms with Gasteiger partial charge >= 0.3 is 5.97 Å². The van der Waals surface area contributed by atoms with Crippen molar-refractivity contribution >= 4 is 21.7 Å². The van der Waals surface area contributed by atoms with E-state index in [4.69, 9.17) is 10.8 Å². The molecule has 6 nitrogen and oxygen atoms in total. The molecule has 110 valence electrons.